The number of benzene rings is 2. The van der Waals surface area contributed by atoms with Crippen molar-refractivity contribution in [2.45, 2.75) is 19.4 Å². The van der Waals surface area contributed by atoms with Crippen molar-refractivity contribution in [3.8, 4) is 0 Å². The van der Waals surface area contributed by atoms with Gasteiger partial charge in [-0.15, -0.1) is 0 Å². The van der Waals surface area contributed by atoms with Crippen LogP contribution >= 0.6 is 0 Å². The number of ether oxygens (including phenoxy) is 1. The number of esters is 1. The summed E-state index contributed by atoms with van der Waals surface area (Å²) in [6.45, 7) is 3.48. The highest BCUT2D eigenvalue weighted by Gasteiger charge is 2.26. The van der Waals surface area contributed by atoms with Crippen LogP contribution in [-0.2, 0) is 10.3 Å². The first kappa shape index (κ1) is 13.3. The number of carbonyl (C=O) groups is 1. The molecule has 2 aromatic carbocycles. The van der Waals surface area contributed by atoms with E-state index in [1.165, 1.54) is 12.1 Å². The van der Waals surface area contributed by atoms with E-state index in [1.54, 1.807) is 50.2 Å². The average Bonchev–Trinajstić information content (AvgIpc) is 2.39. The maximum Gasteiger partial charge on any atom is 0.338 e. The quantitative estimate of drug-likeness (QED) is 0.780. The lowest BCUT2D eigenvalue weighted by Crippen LogP contribution is -2.25. The molecule has 0 heterocycles. The topological polar surface area (TPSA) is 26.3 Å². The van der Waals surface area contributed by atoms with E-state index in [-0.39, 0.29) is 5.82 Å². The zero-order valence-electron chi connectivity index (χ0n) is 10.9. The number of hydrogen-bond donors (Lipinski definition) is 0. The van der Waals surface area contributed by atoms with E-state index in [4.69, 9.17) is 4.74 Å². The Hall–Kier alpha value is -2.16. The van der Waals surface area contributed by atoms with Gasteiger partial charge in [0, 0.05) is 0 Å². The molecule has 2 nitrogen and oxygen atoms in total. The summed E-state index contributed by atoms with van der Waals surface area (Å²) in [4.78, 5) is 12.0. The van der Waals surface area contributed by atoms with E-state index >= 15 is 0 Å². The molecule has 0 amide bonds. The summed E-state index contributed by atoms with van der Waals surface area (Å²) in [6.07, 6.45) is 0. The number of carbonyl (C=O) groups excluding carboxylic acids is 1. The molecule has 3 heteroatoms. The Morgan fingerprint density at radius 2 is 1.74 bits per heavy atom. The predicted octanol–water partition coefficient (Wildman–Crippen LogP) is 3.92. The average molecular weight is 258 g/mol. The van der Waals surface area contributed by atoms with Crippen molar-refractivity contribution < 1.29 is 13.9 Å². The number of rotatable bonds is 3. The molecule has 2 aromatic rings. The van der Waals surface area contributed by atoms with Crippen molar-refractivity contribution in [2.24, 2.45) is 0 Å². The fourth-order valence-corrected chi connectivity index (χ4v) is 1.79. The molecule has 0 unspecified atom stereocenters. The van der Waals surface area contributed by atoms with Crippen LogP contribution in [0.3, 0.4) is 0 Å². The van der Waals surface area contributed by atoms with Crippen LogP contribution in [0.1, 0.15) is 29.8 Å². The minimum atomic E-state index is -0.880. The highest BCUT2D eigenvalue weighted by molar-refractivity contribution is 5.89. The summed E-state index contributed by atoms with van der Waals surface area (Å²) in [5, 5.41) is 0. The molecule has 0 aliphatic heterocycles. The fraction of sp³-hybridized carbons (Fsp3) is 0.188. The molecule has 0 bridgehead atoms. The van der Waals surface area contributed by atoms with Gasteiger partial charge in [0.05, 0.1) is 5.56 Å². The van der Waals surface area contributed by atoms with Crippen molar-refractivity contribution in [1.29, 1.82) is 0 Å². The van der Waals surface area contributed by atoms with Crippen LogP contribution in [0.2, 0.25) is 0 Å². The van der Waals surface area contributed by atoms with Gasteiger partial charge >= 0.3 is 5.97 Å². The molecule has 0 radical (unpaired) electrons. The van der Waals surface area contributed by atoms with Crippen LogP contribution < -0.4 is 0 Å². The minimum absolute atomic E-state index is 0.346. The summed E-state index contributed by atoms with van der Waals surface area (Å²) in [7, 11) is 0. The molecular formula is C16H15FO2. The van der Waals surface area contributed by atoms with Gasteiger partial charge in [-0.25, -0.2) is 9.18 Å². The van der Waals surface area contributed by atoms with Crippen molar-refractivity contribution >= 4 is 5.97 Å². The van der Waals surface area contributed by atoms with Gasteiger partial charge in [0.15, 0.2) is 0 Å². The maximum absolute atomic E-state index is 13.2. The zero-order valence-corrected chi connectivity index (χ0v) is 10.9. The lowest BCUT2D eigenvalue weighted by molar-refractivity contribution is -0.00325. The van der Waals surface area contributed by atoms with Gasteiger partial charge in [-0.1, -0.05) is 30.3 Å². The van der Waals surface area contributed by atoms with E-state index in [9.17, 15) is 9.18 Å². The molecule has 0 fully saturated rings. The summed E-state index contributed by atoms with van der Waals surface area (Å²) in [5.41, 5.74) is 0.221. The Labute approximate surface area is 111 Å². The highest BCUT2D eigenvalue weighted by Crippen LogP contribution is 2.26. The van der Waals surface area contributed by atoms with Gasteiger partial charge in [-0.05, 0) is 43.7 Å². The third-order valence-electron chi connectivity index (χ3n) is 2.88. The molecule has 0 N–H and O–H groups in total. The Kier molecular flexibility index (Phi) is 3.65. The molecule has 0 saturated carbocycles. The molecular weight excluding hydrogens is 243 g/mol. The Balaban J connectivity index is 2.20. The predicted molar refractivity (Wildman–Crippen MR) is 71.3 cm³/mol. The molecule has 0 saturated heterocycles. The first-order valence-corrected chi connectivity index (χ1v) is 6.03. The van der Waals surface area contributed by atoms with Gasteiger partial charge in [0.1, 0.15) is 11.4 Å². The Bertz CT molecular complexity index is 576. The lowest BCUT2D eigenvalue weighted by atomic mass is 9.98. The Morgan fingerprint density at radius 3 is 2.37 bits per heavy atom. The van der Waals surface area contributed by atoms with Crippen molar-refractivity contribution in [1.82, 2.24) is 0 Å². The van der Waals surface area contributed by atoms with Gasteiger partial charge in [-0.2, -0.15) is 0 Å². The summed E-state index contributed by atoms with van der Waals surface area (Å²) in [6, 6.07) is 14.8. The third kappa shape index (κ3) is 3.19. The molecule has 19 heavy (non-hydrogen) atoms. The molecule has 0 aliphatic carbocycles. The second-order valence-corrected chi connectivity index (χ2v) is 4.78. The zero-order chi connectivity index (χ0) is 13.9. The largest absolute Gasteiger partial charge is 0.451 e. The van der Waals surface area contributed by atoms with E-state index in [1.807, 2.05) is 6.07 Å². The number of halogens is 1. The first-order valence-electron chi connectivity index (χ1n) is 6.03. The van der Waals surface area contributed by atoms with E-state index in [2.05, 4.69) is 0 Å². The fourth-order valence-electron chi connectivity index (χ4n) is 1.79. The second-order valence-electron chi connectivity index (χ2n) is 4.78. The smallest absolute Gasteiger partial charge is 0.338 e. The molecule has 0 aliphatic rings. The van der Waals surface area contributed by atoms with Crippen molar-refractivity contribution in [2.75, 3.05) is 0 Å². The normalized spacial score (nSPS) is 11.1. The minimum Gasteiger partial charge on any atom is -0.451 e. The van der Waals surface area contributed by atoms with Gasteiger partial charge in [0.2, 0.25) is 0 Å². The first-order chi connectivity index (χ1) is 8.99. The van der Waals surface area contributed by atoms with E-state index < -0.39 is 11.6 Å². The van der Waals surface area contributed by atoms with Crippen LogP contribution in [0.4, 0.5) is 4.39 Å². The maximum atomic E-state index is 13.2. The van der Waals surface area contributed by atoms with Crippen LogP contribution in [0.25, 0.3) is 0 Å². The van der Waals surface area contributed by atoms with Gasteiger partial charge < -0.3 is 4.74 Å². The molecule has 0 aromatic heterocycles. The van der Waals surface area contributed by atoms with Crippen LogP contribution in [0.5, 0.6) is 0 Å². The third-order valence-corrected chi connectivity index (χ3v) is 2.88. The monoisotopic (exact) mass is 258 g/mol. The highest BCUT2D eigenvalue weighted by atomic mass is 19.1. The summed E-state index contributed by atoms with van der Waals surface area (Å²) < 4.78 is 18.7. The van der Waals surface area contributed by atoms with Gasteiger partial charge in [-0.3, -0.25) is 0 Å². The molecule has 98 valence electrons. The lowest BCUT2D eigenvalue weighted by Gasteiger charge is -2.25. The second kappa shape index (κ2) is 5.22. The standard InChI is InChI=1S/C16H15FO2/c1-16(2,13-9-6-10-14(17)11-13)19-15(18)12-7-4-3-5-8-12/h3-11H,1-2H3. The summed E-state index contributed by atoms with van der Waals surface area (Å²) >= 11 is 0. The molecule has 2 rings (SSSR count). The molecule has 0 atom stereocenters. The van der Waals surface area contributed by atoms with Gasteiger partial charge in [0.25, 0.3) is 0 Å². The van der Waals surface area contributed by atoms with E-state index in [0.717, 1.165) is 0 Å². The van der Waals surface area contributed by atoms with Crippen LogP contribution in [0, 0.1) is 5.82 Å². The van der Waals surface area contributed by atoms with Crippen LogP contribution in [-0.4, -0.2) is 5.97 Å². The Morgan fingerprint density at radius 1 is 1.05 bits per heavy atom. The van der Waals surface area contributed by atoms with Crippen molar-refractivity contribution in [3.05, 3.63) is 71.5 Å². The molecule has 0 spiro atoms. The van der Waals surface area contributed by atoms with E-state index in [0.29, 0.717) is 11.1 Å². The number of hydrogen-bond acceptors (Lipinski definition) is 2. The van der Waals surface area contributed by atoms with Crippen molar-refractivity contribution in [3.63, 3.8) is 0 Å². The van der Waals surface area contributed by atoms with Crippen LogP contribution in [0.15, 0.2) is 54.6 Å². The summed E-state index contributed by atoms with van der Waals surface area (Å²) in [5.74, 6) is -0.767. The SMILES string of the molecule is CC(C)(OC(=O)c1ccccc1)c1cccc(F)c1.